The molecule has 33 heavy (non-hydrogen) atoms. The highest BCUT2D eigenvalue weighted by Gasteiger charge is 2.36. The van der Waals surface area contributed by atoms with Gasteiger partial charge in [0.2, 0.25) is 5.91 Å². The molecule has 9 heteroatoms. The molecule has 1 saturated heterocycles. The summed E-state index contributed by atoms with van der Waals surface area (Å²) < 4.78 is 4.93. The van der Waals surface area contributed by atoms with Crippen LogP contribution in [0.3, 0.4) is 0 Å². The van der Waals surface area contributed by atoms with Crippen molar-refractivity contribution in [3.63, 3.8) is 0 Å². The molecule has 0 unspecified atom stereocenters. The highest BCUT2D eigenvalue weighted by molar-refractivity contribution is 6.00. The van der Waals surface area contributed by atoms with E-state index in [1.807, 2.05) is 19.9 Å². The van der Waals surface area contributed by atoms with Gasteiger partial charge in [-0.15, -0.1) is 0 Å². The molecule has 4 heterocycles. The van der Waals surface area contributed by atoms with Crippen LogP contribution in [0.2, 0.25) is 0 Å². The molecular formula is C24H34N6O3. The zero-order valence-corrected chi connectivity index (χ0v) is 19.5. The van der Waals surface area contributed by atoms with Gasteiger partial charge in [-0.3, -0.25) is 4.79 Å². The Morgan fingerprint density at radius 3 is 2.76 bits per heavy atom. The molecule has 9 nitrogen and oxygen atoms in total. The first-order valence-electron chi connectivity index (χ1n) is 11.8. The highest BCUT2D eigenvalue weighted by atomic mass is 16.5. The van der Waals surface area contributed by atoms with Crippen molar-refractivity contribution in [2.45, 2.75) is 64.4 Å². The van der Waals surface area contributed by atoms with Gasteiger partial charge in [0.05, 0.1) is 44.0 Å². The number of amides is 1. The first-order chi connectivity index (χ1) is 16.1. The molecule has 3 aromatic heterocycles. The second kappa shape index (κ2) is 11.8. The van der Waals surface area contributed by atoms with Gasteiger partial charge in [-0.2, -0.15) is 5.26 Å². The van der Waals surface area contributed by atoms with Crippen LogP contribution in [-0.2, 0) is 16.0 Å². The minimum absolute atomic E-state index is 0.123. The van der Waals surface area contributed by atoms with Gasteiger partial charge in [0.15, 0.2) is 0 Å². The minimum Gasteiger partial charge on any atom is -0.383 e. The number of ether oxygens (including phenoxy) is 1. The lowest BCUT2D eigenvalue weighted by Gasteiger charge is -2.36. The summed E-state index contributed by atoms with van der Waals surface area (Å²) in [7, 11) is 0. The smallest absolute Gasteiger partial charge is 0.227 e. The van der Waals surface area contributed by atoms with Crippen LogP contribution in [0, 0.1) is 17.2 Å². The molecule has 5 rings (SSSR count). The maximum Gasteiger partial charge on any atom is 0.227 e. The molecule has 0 bridgehead atoms. The van der Waals surface area contributed by atoms with Gasteiger partial charge >= 0.3 is 0 Å². The van der Waals surface area contributed by atoms with Gasteiger partial charge in [0.25, 0.3) is 0 Å². The predicted molar refractivity (Wildman–Crippen MR) is 126 cm³/mol. The number of H-pyrrole nitrogens is 2. The summed E-state index contributed by atoms with van der Waals surface area (Å²) in [6, 6.07) is 4.14. The number of nitrogens with one attached hydrogen (secondary N) is 3. The Kier molecular flexibility index (Phi) is 8.80. The number of imidazole rings is 1. The molecule has 2 aliphatic rings. The third kappa shape index (κ3) is 6.53. The summed E-state index contributed by atoms with van der Waals surface area (Å²) in [5.41, 5.74) is 1.42. The Bertz CT molecular complexity index is 1070. The Labute approximate surface area is 194 Å². The van der Waals surface area contributed by atoms with Crippen LogP contribution >= 0.6 is 0 Å². The van der Waals surface area contributed by atoms with Gasteiger partial charge < -0.3 is 25.1 Å². The topological polar surface area (TPSA) is 140 Å². The van der Waals surface area contributed by atoms with Gasteiger partial charge in [0, 0.05) is 18.0 Å². The number of carbonyl (C=O) groups excluding carboxylic acids is 1. The number of nitrogens with zero attached hydrogens (tertiary/aromatic N) is 3. The lowest BCUT2D eigenvalue weighted by Crippen LogP contribution is -2.57. The van der Waals surface area contributed by atoms with E-state index in [0.29, 0.717) is 5.82 Å². The Balaban J connectivity index is 0.000000234. The lowest BCUT2D eigenvalue weighted by molar-refractivity contribution is -0.176. The molecule has 0 aromatic carbocycles. The molecule has 0 spiro atoms. The van der Waals surface area contributed by atoms with Crippen molar-refractivity contribution in [3.8, 4) is 6.07 Å². The third-order valence-electron chi connectivity index (χ3n) is 5.87. The number of pyridine rings is 1. The maximum atomic E-state index is 11.9. The van der Waals surface area contributed by atoms with Crippen LogP contribution in [0.25, 0.3) is 22.1 Å². The van der Waals surface area contributed by atoms with Crippen LogP contribution in [0.1, 0.15) is 58.2 Å². The number of hydrogen-bond donors (Lipinski definition) is 4. The summed E-state index contributed by atoms with van der Waals surface area (Å²) >= 11 is 0. The maximum absolute atomic E-state index is 11.9. The molecule has 178 valence electrons. The number of aromatic amines is 2. The largest absolute Gasteiger partial charge is 0.383 e. The molecule has 1 aliphatic carbocycles. The summed E-state index contributed by atoms with van der Waals surface area (Å²) in [6.45, 7) is 4.71. The van der Waals surface area contributed by atoms with E-state index >= 15 is 0 Å². The molecule has 0 radical (unpaired) electrons. The van der Waals surface area contributed by atoms with Crippen molar-refractivity contribution >= 4 is 28.0 Å². The monoisotopic (exact) mass is 454 g/mol. The van der Waals surface area contributed by atoms with E-state index in [4.69, 9.17) is 10.00 Å². The van der Waals surface area contributed by atoms with Crippen molar-refractivity contribution in [1.82, 2.24) is 25.3 Å². The zero-order valence-electron chi connectivity index (χ0n) is 19.5. The number of hydrogen-bond acceptors (Lipinski definition) is 6. The fourth-order valence-corrected chi connectivity index (χ4v) is 4.05. The first kappa shape index (κ1) is 24.7. The van der Waals surface area contributed by atoms with Crippen molar-refractivity contribution in [3.05, 3.63) is 24.3 Å². The SMILES string of the molecule is CC.N#CCC1CCCCC1.O=C(Cc1nc2c(cnc3[nH]ccc32)[nH]1)NCC1(O)COC1. The van der Waals surface area contributed by atoms with E-state index in [1.165, 1.54) is 32.1 Å². The zero-order chi connectivity index (χ0) is 23.7. The minimum atomic E-state index is -0.926. The Morgan fingerprint density at radius 1 is 1.33 bits per heavy atom. The second-order valence-electron chi connectivity index (χ2n) is 8.48. The molecule has 4 N–H and O–H groups in total. The first-order valence-corrected chi connectivity index (χ1v) is 11.8. The number of fused-ring (bicyclic) bond motifs is 3. The summed E-state index contributed by atoms with van der Waals surface area (Å²) in [5.74, 6) is 1.11. The van der Waals surface area contributed by atoms with Crippen molar-refractivity contribution in [2.24, 2.45) is 5.92 Å². The van der Waals surface area contributed by atoms with Gasteiger partial charge in [-0.05, 0) is 24.8 Å². The lowest BCUT2D eigenvalue weighted by atomic mass is 9.87. The fraction of sp³-hybridized carbons (Fsp3) is 0.583. The highest BCUT2D eigenvalue weighted by Crippen LogP contribution is 2.25. The van der Waals surface area contributed by atoms with Crippen molar-refractivity contribution in [2.75, 3.05) is 19.8 Å². The van der Waals surface area contributed by atoms with Gasteiger partial charge in [0.1, 0.15) is 22.6 Å². The number of rotatable bonds is 5. The molecule has 1 amide bonds. The standard InChI is InChI=1S/C14H15N5O3.C8H13N.C2H6/c20-11(17-5-14(21)6-22-7-14)3-10-18-9-4-16-13-8(1-2-15-13)12(9)19-10;9-7-6-8-4-2-1-3-5-8;1-2/h1-2,4,21H,3,5-7H2,(H,15,16)(H,17,20)(H,18,19);8H,1-6H2;1-2H3. The van der Waals surface area contributed by atoms with E-state index in [0.717, 1.165) is 34.4 Å². The number of nitriles is 1. The van der Waals surface area contributed by atoms with Crippen molar-refractivity contribution in [1.29, 1.82) is 5.26 Å². The van der Waals surface area contributed by atoms with E-state index in [9.17, 15) is 9.90 Å². The summed E-state index contributed by atoms with van der Waals surface area (Å²) in [5, 5.41) is 21.8. The van der Waals surface area contributed by atoms with E-state index in [1.54, 1.807) is 12.4 Å². The third-order valence-corrected chi connectivity index (χ3v) is 5.87. The van der Waals surface area contributed by atoms with Gasteiger partial charge in [-0.1, -0.05) is 33.1 Å². The predicted octanol–water partition coefficient (Wildman–Crippen LogP) is 3.37. The molecule has 3 aromatic rings. The van der Waals surface area contributed by atoms with Gasteiger partial charge in [-0.25, -0.2) is 9.97 Å². The number of aromatic nitrogens is 4. The van der Waals surface area contributed by atoms with Crippen LogP contribution in [0.4, 0.5) is 0 Å². The Morgan fingerprint density at radius 2 is 2.09 bits per heavy atom. The number of carbonyl (C=O) groups is 1. The Hall–Kier alpha value is -2.96. The summed E-state index contributed by atoms with van der Waals surface area (Å²) in [4.78, 5) is 26.8. The fourth-order valence-electron chi connectivity index (χ4n) is 4.05. The van der Waals surface area contributed by atoms with E-state index in [-0.39, 0.29) is 32.1 Å². The van der Waals surface area contributed by atoms with Crippen LogP contribution in [-0.4, -0.2) is 56.3 Å². The molecule has 0 atom stereocenters. The number of aliphatic hydroxyl groups is 1. The second-order valence-corrected chi connectivity index (χ2v) is 8.48. The van der Waals surface area contributed by atoms with Crippen LogP contribution < -0.4 is 5.32 Å². The van der Waals surface area contributed by atoms with Crippen LogP contribution in [0.15, 0.2) is 18.5 Å². The summed E-state index contributed by atoms with van der Waals surface area (Å²) in [6.07, 6.45) is 11.1. The molecule has 2 fully saturated rings. The van der Waals surface area contributed by atoms with E-state index < -0.39 is 5.60 Å². The van der Waals surface area contributed by atoms with Crippen molar-refractivity contribution < 1.29 is 14.6 Å². The van der Waals surface area contributed by atoms with Crippen LogP contribution in [0.5, 0.6) is 0 Å². The molecule has 1 aliphatic heterocycles. The average molecular weight is 455 g/mol. The molecule has 1 saturated carbocycles. The normalized spacial score (nSPS) is 17.2. The molecular weight excluding hydrogens is 420 g/mol. The quantitative estimate of drug-likeness (QED) is 0.466. The van der Waals surface area contributed by atoms with E-state index in [2.05, 4.69) is 31.3 Å². The average Bonchev–Trinajstić information content (AvgIpc) is 3.45.